The molecule has 0 aliphatic rings. The average Bonchev–Trinajstić information content (AvgIpc) is 2.41. The number of phenolic OH excluding ortho intramolecular Hbond substituents is 1. The van der Waals surface area contributed by atoms with Crippen molar-refractivity contribution in [1.29, 1.82) is 0 Å². The standard InChI is InChI=1S/C13H13N3O2/c1-14-13(18)12-8-10(6-7-15-12)16-9-2-4-11(17)5-3-9/h2-8,17H,1H3,(H,14,18)(H,15,16). The van der Waals surface area contributed by atoms with E-state index in [1.54, 1.807) is 49.6 Å². The molecule has 0 saturated heterocycles. The fraction of sp³-hybridized carbons (Fsp3) is 0.0769. The Morgan fingerprint density at radius 2 is 1.89 bits per heavy atom. The number of rotatable bonds is 3. The van der Waals surface area contributed by atoms with Gasteiger partial charge in [0.1, 0.15) is 11.4 Å². The molecule has 1 heterocycles. The van der Waals surface area contributed by atoms with Crippen LogP contribution in [0.25, 0.3) is 0 Å². The molecule has 92 valence electrons. The molecule has 18 heavy (non-hydrogen) atoms. The minimum atomic E-state index is -0.232. The monoisotopic (exact) mass is 243 g/mol. The van der Waals surface area contributed by atoms with Crippen LogP contribution in [-0.2, 0) is 0 Å². The van der Waals surface area contributed by atoms with Crippen molar-refractivity contribution < 1.29 is 9.90 Å². The molecule has 0 atom stereocenters. The molecule has 0 aliphatic carbocycles. The zero-order chi connectivity index (χ0) is 13.0. The van der Waals surface area contributed by atoms with Gasteiger partial charge in [-0.05, 0) is 36.4 Å². The summed E-state index contributed by atoms with van der Waals surface area (Å²) >= 11 is 0. The molecule has 5 nitrogen and oxygen atoms in total. The summed E-state index contributed by atoms with van der Waals surface area (Å²) in [4.78, 5) is 15.4. The molecule has 1 aromatic heterocycles. The number of pyridine rings is 1. The van der Waals surface area contributed by atoms with E-state index < -0.39 is 0 Å². The maximum atomic E-state index is 11.4. The maximum Gasteiger partial charge on any atom is 0.269 e. The highest BCUT2D eigenvalue weighted by Gasteiger charge is 2.05. The van der Waals surface area contributed by atoms with Gasteiger partial charge in [-0.25, -0.2) is 0 Å². The van der Waals surface area contributed by atoms with Gasteiger partial charge in [0.2, 0.25) is 0 Å². The molecule has 2 aromatic rings. The van der Waals surface area contributed by atoms with E-state index in [0.717, 1.165) is 11.4 Å². The molecule has 5 heteroatoms. The molecule has 0 bridgehead atoms. The van der Waals surface area contributed by atoms with E-state index in [2.05, 4.69) is 15.6 Å². The van der Waals surface area contributed by atoms with Gasteiger partial charge in [-0.2, -0.15) is 0 Å². The third kappa shape index (κ3) is 2.76. The van der Waals surface area contributed by atoms with Crippen LogP contribution in [0.2, 0.25) is 0 Å². The zero-order valence-corrected chi connectivity index (χ0v) is 9.84. The number of amides is 1. The molecule has 0 radical (unpaired) electrons. The number of benzene rings is 1. The van der Waals surface area contributed by atoms with E-state index >= 15 is 0 Å². The first-order valence-corrected chi connectivity index (χ1v) is 5.43. The first-order chi connectivity index (χ1) is 8.69. The van der Waals surface area contributed by atoms with Crippen molar-refractivity contribution in [3.8, 4) is 5.75 Å². The van der Waals surface area contributed by atoms with Crippen LogP contribution in [0.1, 0.15) is 10.5 Å². The number of anilines is 2. The Morgan fingerprint density at radius 3 is 2.56 bits per heavy atom. The lowest BCUT2D eigenvalue weighted by atomic mass is 10.2. The lowest BCUT2D eigenvalue weighted by Gasteiger charge is -2.07. The molecule has 1 aromatic carbocycles. The summed E-state index contributed by atoms with van der Waals surface area (Å²) in [5.41, 5.74) is 1.93. The second-order valence-corrected chi connectivity index (χ2v) is 3.68. The van der Waals surface area contributed by atoms with Crippen molar-refractivity contribution in [3.05, 3.63) is 48.3 Å². The quantitative estimate of drug-likeness (QED) is 0.720. The molecule has 0 saturated carbocycles. The number of aromatic hydroxyl groups is 1. The number of phenols is 1. The number of hydrogen-bond donors (Lipinski definition) is 3. The Balaban J connectivity index is 2.19. The number of carbonyl (C=O) groups is 1. The highest BCUT2D eigenvalue weighted by Crippen LogP contribution is 2.19. The van der Waals surface area contributed by atoms with Crippen molar-refractivity contribution in [2.75, 3.05) is 12.4 Å². The predicted molar refractivity (Wildman–Crippen MR) is 69.0 cm³/mol. The predicted octanol–water partition coefficient (Wildman–Crippen LogP) is 1.89. The minimum Gasteiger partial charge on any atom is -0.508 e. The Morgan fingerprint density at radius 1 is 1.17 bits per heavy atom. The average molecular weight is 243 g/mol. The highest BCUT2D eigenvalue weighted by atomic mass is 16.3. The van der Waals surface area contributed by atoms with Crippen LogP contribution < -0.4 is 10.6 Å². The second-order valence-electron chi connectivity index (χ2n) is 3.68. The molecule has 0 aliphatic heterocycles. The van der Waals surface area contributed by atoms with Crippen molar-refractivity contribution in [1.82, 2.24) is 10.3 Å². The summed E-state index contributed by atoms with van der Waals surface area (Å²) in [6.07, 6.45) is 1.56. The Hall–Kier alpha value is -2.56. The van der Waals surface area contributed by atoms with Gasteiger partial charge in [0.15, 0.2) is 0 Å². The fourth-order valence-electron chi connectivity index (χ4n) is 1.47. The molecule has 0 unspecified atom stereocenters. The van der Waals surface area contributed by atoms with Crippen LogP contribution in [0, 0.1) is 0 Å². The van der Waals surface area contributed by atoms with E-state index in [4.69, 9.17) is 0 Å². The number of nitrogens with zero attached hydrogens (tertiary/aromatic N) is 1. The van der Waals surface area contributed by atoms with E-state index in [0.29, 0.717) is 5.69 Å². The summed E-state index contributed by atoms with van der Waals surface area (Å²) in [6.45, 7) is 0. The largest absolute Gasteiger partial charge is 0.508 e. The van der Waals surface area contributed by atoms with Crippen LogP contribution in [0.5, 0.6) is 5.75 Å². The van der Waals surface area contributed by atoms with Crippen LogP contribution in [0.4, 0.5) is 11.4 Å². The topological polar surface area (TPSA) is 74.2 Å². The van der Waals surface area contributed by atoms with Crippen molar-refractivity contribution in [2.45, 2.75) is 0 Å². The van der Waals surface area contributed by atoms with Crippen molar-refractivity contribution >= 4 is 17.3 Å². The molecule has 0 fully saturated rings. The van der Waals surface area contributed by atoms with E-state index in [1.807, 2.05) is 0 Å². The van der Waals surface area contributed by atoms with E-state index in [1.165, 1.54) is 0 Å². The zero-order valence-electron chi connectivity index (χ0n) is 9.84. The van der Waals surface area contributed by atoms with Gasteiger partial charge in [-0.3, -0.25) is 9.78 Å². The molecule has 1 amide bonds. The van der Waals surface area contributed by atoms with Crippen LogP contribution in [0.3, 0.4) is 0 Å². The van der Waals surface area contributed by atoms with Gasteiger partial charge in [-0.1, -0.05) is 0 Å². The smallest absolute Gasteiger partial charge is 0.269 e. The number of hydrogen-bond acceptors (Lipinski definition) is 4. The number of carbonyl (C=O) groups excluding carboxylic acids is 1. The number of aromatic nitrogens is 1. The van der Waals surface area contributed by atoms with Gasteiger partial charge < -0.3 is 15.7 Å². The summed E-state index contributed by atoms with van der Waals surface area (Å²) in [5, 5.41) is 14.8. The maximum absolute atomic E-state index is 11.4. The molecular formula is C13H13N3O2. The lowest BCUT2D eigenvalue weighted by Crippen LogP contribution is -2.19. The molecular weight excluding hydrogens is 230 g/mol. The van der Waals surface area contributed by atoms with Crippen molar-refractivity contribution in [2.24, 2.45) is 0 Å². The Labute approximate surface area is 104 Å². The van der Waals surface area contributed by atoms with Crippen LogP contribution >= 0.6 is 0 Å². The van der Waals surface area contributed by atoms with Gasteiger partial charge in [0.25, 0.3) is 5.91 Å². The van der Waals surface area contributed by atoms with Gasteiger partial charge in [0.05, 0.1) is 0 Å². The third-order valence-corrected chi connectivity index (χ3v) is 2.38. The molecule has 0 spiro atoms. The summed E-state index contributed by atoms with van der Waals surface area (Å²) in [7, 11) is 1.56. The van der Waals surface area contributed by atoms with Crippen LogP contribution in [-0.4, -0.2) is 23.0 Å². The minimum absolute atomic E-state index is 0.210. The van der Waals surface area contributed by atoms with Gasteiger partial charge in [0, 0.05) is 24.6 Å². The van der Waals surface area contributed by atoms with Crippen LogP contribution in [0.15, 0.2) is 42.6 Å². The first-order valence-electron chi connectivity index (χ1n) is 5.43. The van der Waals surface area contributed by atoms with E-state index in [9.17, 15) is 9.90 Å². The SMILES string of the molecule is CNC(=O)c1cc(Nc2ccc(O)cc2)ccn1. The first kappa shape index (κ1) is 11.9. The summed E-state index contributed by atoms with van der Waals surface area (Å²) in [5.74, 6) is -0.0225. The Bertz CT molecular complexity index is 552. The van der Waals surface area contributed by atoms with E-state index in [-0.39, 0.29) is 11.7 Å². The third-order valence-electron chi connectivity index (χ3n) is 2.38. The Kier molecular flexibility index (Phi) is 3.43. The fourth-order valence-corrected chi connectivity index (χ4v) is 1.47. The lowest BCUT2D eigenvalue weighted by molar-refractivity contribution is 0.0958. The van der Waals surface area contributed by atoms with Crippen molar-refractivity contribution in [3.63, 3.8) is 0 Å². The van der Waals surface area contributed by atoms with Gasteiger partial charge in [-0.15, -0.1) is 0 Å². The summed E-state index contributed by atoms with van der Waals surface area (Å²) in [6, 6.07) is 10.1. The van der Waals surface area contributed by atoms with Gasteiger partial charge >= 0.3 is 0 Å². The highest BCUT2D eigenvalue weighted by molar-refractivity contribution is 5.93. The molecule has 2 rings (SSSR count). The molecule has 3 N–H and O–H groups in total. The number of nitrogens with one attached hydrogen (secondary N) is 2. The second kappa shape index (κ2) is 5.18. The normalized spacial score (nSPS) is 9.83. The summed E-state index contributed by atoms with van der Waals surface area (Å²) < 4.78 is 0.